The van der Waals surface area contributed by atoms with Crippen molar-refractivity contribution in [3.05, 3.63) is 33.8 Å². The molecule has 1 aromatic rings. The zero-order valence-electron chi connectivity index (χ0n) is 9.94. The first-order valence-corrected chi connectivity index (χ1v) is 7.92. The van der Waals surface area contributed by atoms with Gasteiger partial charge in [-0.2, -0.15) is 0 Å². The number of sulfonamides is 1. The molecule has 4 nitrogen and oxygen atoms in total. The largest absolute Gasteiger partial charge is 0.387 e. The summed E-state index contributed by atoms with van der Waals surface area (Å²) in [6.45, 7) is -0.918. The fourth-order valence-corrected chi connectivity index (χ4v) is 3.00. The molecule has 0 saturated heterocycles. The van der Waals surface area contributed by atoms with Gasteiger partial charge < -0.3 is 5.11 Å². The van der Waals surface area contributed by atoms with E-state index in [0.29, 0.717) is 15.6 Å². The van der Waals surface area contributed by atoms with Gasteiger partial charge in [0.1, 0.15) is 0 Å². The third-order valence-electron chi connectivity index (χ3n) is 2.31. The van der Waals surface area contributed by atoms with Crippen molar-refractivity contribution in [2.45, 2.75) is 12.5 Å². The van der Waals surface area contributed by atoms with E-state index in [4.69, 9.17) is 23.2 Å². The van der Waals surface area contributed by atoms with Crippen LogP contribution in [0.15, 0.2) is 18.2 Å². The van der Waals surface area contributed by atoms with Gasteiger partial charge in [0.05, 0.1) is 18.5 Å². The molecule has 0 saturated carbocycles. The van der Waals surface area contributed by atoms with E-state index in [9.17, 15) is 17.9 Å². The summed E-state index contributed by atoms with van der Waals surface area (Å²) < 4.78 is 36.9. The number of aliphatic hydroxyl groups excluding tert-OH is 1. The molecule has 1 rings (SSSR count). The van der Waals surface area contributed by atoms with Gasteiger partial charge in [0, 0.05) is 16.6 Å². The zero-order valence-corrected chi connectivity index (χ0v) is 12.3. The van der Waals surface area contributed by atoms with Crippen molar-refractivity contribution in [2.75, 3.05) is 19.0 Å². The highest BCUT2D eigenvalue weighted by atomic mass is 35.5. The van der Waals surface area contributed by atoms with Crippen LogP contribution in [0.5, 0.6) is 0 Å². The highest BCUT2D eigenvalue weighted by Crippen LogP contribution is 2.23. The van der Waals surface area contributed by atoms with Gasteiger partial charge in [0.2, 0.25) is 10.0 Å². The van der Waals surface area contributed by atoms with E-state index >= 15 is 0 Å². The van der Waals surface area contributed by atoms with Crippen molar-refractivity contribution < 1.29 is 17.9 Å². The van der Waals surface area contributed by atoms with Gasteiger partial charge in [-0.25, -0.2) is 13.1 Å². The molecule has 0 aromatic heterocycles. The van der Waals surface area contributed by atoms with Crippen LogP contribution in [-0.4, -0.2) is 32.5 Å². The normalized spacial score (nSPS) is 13.5. The van der Waals surface area contributed by atoms with Crippen molar-refractivity contribution in [3.63, 3.8) is 0 Å². The summed E-state index contributed by atoms with van der Waals surface area (Å²) in [5.41, 5.74) is 0.408. The van der Waals surface area contributed by atoms with Crippen LogP contribution in [0.3, 0.4) is 0 Å². The van der Waals surface area contributed by atoms with Crippen LogP contribution < -0.4 is 4.72 Å². The molecule has 0 amide bonds. The van der Waals surface area contributed by atoms with Gasteiger partial charge in [0.15, 0.2) is 0 Å². The first-order valence-electron chi connectivity index (χ1n) is 5.51. The molecular weight excluding hydrogens is 316 g/mol. The quantitative estimate of drug-likeness (QED) is 0.806. The number of alkyl halides is 1. The average molecular weight is 330 g/mol. The standard InChI is InChI=1S/C11H14Cl2FNO3S/c12-9-4-8(5-10(13)6-9)11(16)7-15-19(17,18)3-1-2-14/h4-6,11,15-16H,1-3,7H2. The van der Waals surface area contributed by atoms with Crippen LogP contribution in [0.4, 0.5) is 4.39 Å². The summed E-state index contributed by atoms with van der Waals surface area (Å²) in [5.74, 6) is -0.313. The highest BCUT2D eigenvalue weighted by molar-refractivity contribution is 7.89. The fourth-order valence-electron chi connectivity index (χ4n) is 1.41. The molecule has 0 heterocycles. The van der Waals surface area contributed by atoms with Crippen molar-refractivity contribution in [1.82, 2.24) is 4.72 Å². The molecule has 2 N–H and O–H groups in total. The molecule has 1 unspecified atom stereocenters. The Labute approximate surface area is 121 Å². The van der Waals surface area contributed by atoms with Crippen LogP contribution in [0.25, 0.3) is 0 Å². The molecule has 108 valence electrons. The second kappa shape index (κ2) is 7.40. The Morgan fingerprint density at radius 2 is 1.84 bits per heavy atom. The third-order valence-corrected chi connectivity index (χ3v) is 4.18. The van der Waals surface area contributed by atoms with E-state index in [-0.39, 0.29) is 18.7 Å². The lowest BCUT2D eigenvalue weighted by molar-refractivity contribution is 0.182. The van der Waals surface area contributed by atoms with E-state index in [1.54, 1.807) is 0 Å². The first-order chi connectivity index (χ1) is 8.84. The lowest BCUT2D eigenvalue weighted by Gasteiger charge is -2.13. The minimum atomic E-state index is -3.58. The second-order valence-corrected chi connectivity index (χ2v) is 6.73. The lowest BCUT2D eigenvalue weighted by atomic mass is 10.1. The predicted octanol–water partition coefficient (Wildman–Crippen LogP) is 2.31. The molecule has 19 heavy (non-hydrogen) atoms. The molecule has 0 bridgehead atoms. The van der Waals surface area contributed by atoms with Gasteiger partial charge in [-0.1, -0.05) is 23.2 Å². The van der Waals surface area contributed by atoms with Crippen molar-refractivity contribution in [2.24, 2.45) is 0 Å². The number of nitrogens with one attached hydrogen (secondary N) is 1. The molecule has 0 aliphatic carbocycles. The van der Waals surface area contributed by atoms with Gasteiger partial charge in [-0.3, -0.25) is 4.39 Å². The summed E-state index contributed by atoms with van der Waals surface area (Å²) in [4.78, 5) is 0. The van der Waals surface area contributed by atoms with E-state index in [1.165, 1.54) is 18.2 Å². The molecular formula is C11H14Cl2FNO3S. The molecule has 1 atom stereocenters. The van der Waals surface area contributed by atoms with Crippen molar-refractivity contribution >= 4 is 33.2 Å². The summed E-state index contributed by atoms with van der Waals surface area (Å²) in [7, 11) is -3.58. The molecule has 0 spiro atoms. The van der Waals surface area contributed by atoms with Crippen LogP contribution in [0, 0.1) is 0 Å². The lowest BCUT2D eigenvalue weighted by Crippen LogP contribution is -2.30. The van der Waals surface area contributed by atoms with Gasteiger partial charge in [0.25, 0.3) is 0 Å². The minimum absolute atomic E-state index is 0.0750. The Morgan fingerprint density at radius 3 is 2.37 bits per heavy atom. The highest BCUT2D eigenvalue weighted by Gasteiger charge is 2.14. The average Bonchev–Trinajstić information content (AvgIpc) is 2.32. The maximum Gasteiger partial charge on any atom is 0.211 e. The van der Waals surface area contributed by atoms with Crippen molar-refractivity contribution in [1.29, 1.82) is 0 Å². The number of aliphatic hydroxyl groups is 1. The minimum Gasteiger partial charge on any atom is -0.387 e. The zero-order chi connectivity index (χ0) is 14.5. The molecule has 0 fully saturated rings. The number of hydrogen-bond acceptors (Lipinski definition) is 3. The monoisotopic (exact) mass is 329 g/mol. The molecule has 0 aliphatic rings. The summed E-state index contributed by atoms with van der Waals surface area (Å²) in [6, 6.07) is 4.49. The third kappa shape index (κ3) is 6.05. The topological polar surface area (TPSA) is 66.4 Å². The number of rotatable bonds is 7. The summed E-state index contributed by atoms with van der Waals surface area (Å²) in [6.07, 6.45) is -1.15. The predicted molar refractivity (Wildman–Crippen MR) is 73.8 cm³/mol. The van der Waals surface area contributed by atoms with Crippen LogP contribution >= 0.6 is 23.2 Å². The summed E-state index contributed by atoms with van der Waals surface area (Å²) >= 11 is 11.6. The van der Waals surface area contributed by atoms with Gasteiger partial charge >= 0.3 is 0 Å². The second-order valence-electron chi connectivity index (χ2n) is 3.93. The Kier molecular flexibility index (Phi) is 6.49. The molecule has 1 aromatic carbocycles. The van der Waals surface area contributed by atoms with Gasteiger partial charge in [-0.15, -0.1) is 0 Å². The van der Waals surface area contributed by atoms with Gasteiger partial charge in [-0.05, 0) is 30.2 Å². The summed E-state index contributed by atoms with van der Waals surface area (Å²) in [5, 5.41) is 10.5. The molecule has 8 heteroatoms. The molecule has 0 radical (unpaired) electrons. The van der Waals surface area contributed by atoms with Crippen LogP contribution in [-0.2, 0) is 10.0 Å². The maximum atomic E-state index is 11.9. The Bertz CT molecular complexity index is 504. The maximum absolute atomic E-state index is 11.9. The molecule has 0 aliphatic heterocycles. The van der Waals surface area contributed by atoms with E-state index in [1.807, 2.05) is 0 Å². The SMILES string of the molecule is O=S(=O)(CCCF)NCC(O)c1cc(Cl)cc(Cl)c1. The Balaban J connectivity index is 2.62. The smallest absolute Gasteiger partial charge is 0.211 e. The number of benzene rings is 1. The number of hydrogen-bond donors (Lipinski definition) is 2. The Morgan fingerprint density at radius 1 is 1.26 bits per heavy atom. The fraction of sp³-hybridized carbons (Fsp3) is 0.455. The first kappa shape index (κ1) is 16.7. The van der Waals surface area contributed by atoms with Crippen molar-refractivity contribution in [3.8, 4) is 0 Å². The van der Waals surface area contributed by atoms with E-state index in [0.717, 1.165) is 0 Å². The number of halogens is 3. The Hall–Kier alpha value is -0.400. The van der Waals surface area contributed by atoms with Crippen LogP contribution in [0.1, 0.15) is 18.1 Å². The van der Waals surface area contributed by atoms with Crippen LogP contribution in [0.2, 0.25) is 10.0 Å². The van der Waals surface area contributed by atoms with E-state index in [2.05, 4.69) is 4.72 Å². The van der Waals surface area contributed by atoms with E-state index < -0.39 is 22.8 Å².